The second-order valence-electron chi connectivity index (χ2n) is 36.6. The smallest absolute Gasteiger partial charge is 0.179 e. The topological polar surface area (TPSA) is 105 Å². The first-order valence-corrected chi connectivity index (χ1v) is 48.4. The fourth-order valence-electron chi connectivity index (χ4n) is 21.4. The maximum absolute atomic E-state index is 5.32. The van der Waals surface area contributed by atoms with E-state index in [-0.39, 0.29) is 0 Å². The van der Waals surface area contributed by atoms with Crippen molar-refractivity contribution in [2.45, 2.75) is 0 Å². The molecule has 0 aliphatic heterocycles. The lowest BCUT2D eigenvalue weighted by atomic mass is 9.99. The molecule has 143 heavy (non-hydrogen) atoms. The van der Waals surface area contributed by atoms with Gasteiger partial charge in [0.05, 0.1) is 84.3 Å². The van der Waals surface area contributed by atoms with Crippen LogP contribution in [0.5, 0.6) is 0 Å². The van der Waals surface area contributed by atoms with Crippen molar-refractivity contribution >= 4 is 152 Å². The van der Waals surface area contributed by atoms with Crippen molar-refractivity contribution in [2.75, 3.05) is 0 Å². The molecule has 22 aromatic carbocycles. The first kappa shape index (κ1) is 83.1. The number of nitrogens with zero attached hydrogens (tertiary/aromatic N) is 10. The zero-order valence-corrected chi connectivity index (χ0v) is 77.5. The van der Waals surface area contributed by atoms with E-state index in [9.17, 15) is 0 Å². The lowest BCUT2D eigenvalue weighted by molar-refractivity contribution is 1.15. The molecule has 0 aliphatic carbocycles. The van der Waals surface area contributed by atoms with Crippen LogP contribution >= 0.6 is 0 Å². The van der Waals surface area contributed by atoms with E-state index >= 15 is 0 Å². The van der Waals surface area contributed by atoms with Crippen molar-refractivity contribution in [2.24, 2.45) is 0 Å². The first-order chi connectivity index (χ1) is 70.9. The molecule has 29 rings (SSSR count). The van der Waals surface area contributed by atoms with Crippen molar-refractivity contribution in [1.82, 2.24) is 48.6 Å². The van der Waals surface area contributed by atoms with Crippen LogP contribution in [0.3, 0.4) is 0 Å². The van der Waals surface area contributed by atoms with Crippen molar-refractivity contribution in [3.05, 3.63) is 510 Å². The predicted molar refractivity (Wildman–Crippen MR) is 596 cm³/mol. The molecule has 7 heterocycles. The standard InChI is InChI=1S/2C46H29N3.C41H26N4/c1-2-14-31(15-3-1)41-29-42(38-23-12-19-30-13-6-8-20-36(30)38)48-46(47-41)35-25-34-18-7-9-21-37(34)44(28-35)49-43-24-11-10-22-39(43)40-26-32-16-4-5-17-33(32)27-45(40)49;1-2-13-31(14-3-1)41-29-42(36-23-22-30-12-4-5-15-32(30)24-36)48-46(47-41)37-25-35-18-8-9-19-38(35)44(28-37)49-43-21-11-10-20-39(43)40-26-33-16-6-7-17-34(33)27-45(40)49;1-2-12-27(13-3-1)36-26-37(44-41(43-36)35-19-10-11-23-42-35)31-21-22-39(32-17-7-6-16-30(31)32)45-38-20-9-8-18-33(38)34-24-28-14-4-5-15-29(28)25-40(34)45/h2*1-29H;1-26H. The van der Waals surface area contributed by atoms with Gasteiger partial charge in [-0.05, 0) is 191 Å². The summed E-state index contributed by atoms with van der Waals surface area (Å²) in [4.78, 5) is 35.7. The minimum atomic E-state index is 0.606. The summed E-state index contributed by atoms with van der Waals surface area (Å²) in [7, 11) is 0. The molecule has 10 nitrogen and oxygen atoms in total. The normalized spacial score (nSPS) is 11.6. The molecule has 29 aromatic rings. The Balaban J connectivity index is 0.000000107. The number of hydrogen-bond acceptors (Lipinski definition) is 7. The molecule has 666 valence electrons. The van der Waals surface area contributed by atoms with Gasteiger partial charge in [-0.2, -0.15) is 0 Å². The van der Waals surface area contributed by atoms with Gasteiger partial charge in [-0.3, -0.25) is 4.98 Å². The fraction of sp³-hybridized carbons (Fsp3) is 0. The quantitative estimate of drug-likeness (QED) is 0.120. The minimum Gasteiger partial charge on any atom is -0.309 e. The third kappa shape index (κ3) is 15.0. The van der Waals surface area contributed by atoms with Crippen LogP contribution in [0.15, 0.2) is 510 Å². The summed E-state index contributed by atoms with van der Waals surface area (Å²) in [6, 6.07) is 179. The number of rotatable bonds is 12. The summed E-state index contributed by atoms with van der Waals surface area (Å²) in [5, 5.41) is 26.5. The summed E-state index contributed by atoms with van der Waals surface area (Å²) in [5.41, 5.74) is 24.8. The number of fused-ring (bicyclic) bond motifs is 17. The molecule has 0 radical (unpaired) electrons. The second kappa shape index (κ2) is 35.1. The van der Waals surface area contributed by atoms with E-state index in [1.165, 1.54) is 130 Å². The molecule has 0 N–H and O–H groups in total. The van der Waals surface area contributed by atoms with Gasteiger partial charge in [0.25, 0.3) is 0 Å². The zero-order chi connectivity index (χ0) is 94.4. The predicted octanol–water partition coefficient (Wildman–Crippen LogP) is 34.3. The summed E-state index contributed by atoms with van der Waals surface area (Å²) in [5.74, 6) is 2.00. The third-order valence-electron chi connectivity index (χ3n) is 28.1. The summed E-state index contributed by atoms with van der Waals surface area (Å²) in [6.07, 6.45) is 1.78. The molecule has 0 spiro atoms. The number of aromatic nitrogens is 10. The molecule has 0 fully saturated rings. The first-order valence-electron chi connectivity index (χ1n) is 48.4. The Labute approximate surface area is 823 Å². The molecule has 0 aliphatic rings. The summed E-state index contributed by atoms with van der Waals surface area (Å²) in [6.45, 7) is 0. The molecule has 0 saturated carbocycles. The summed E-state index contributed by atoms with van der Waals surface area (Å²) < 4.78 is 7.27. The van der Waals surface area contributed by atoms with Crippen molar-refractivity contribution < 1.29 is 0 Å². The van der Waals surface area contributed by atoms with Crippen LogP contribution in [-0.2, 0) is 0 Å². The van der Waals surface area contributed by atoms with Gasteiger partial charge in [0.1, 0.15) is 5.69 Å². The van der Waals surface area contributed by atoms with Gasteiger partial charge in [-0.25, -0.2) is 29.9 Å². The van der Waals surface area contributed by atoms with Crippen LogP contribution in [-0.4, -0.2) is 48.6 Å². The Hall–Kier alpha value is -19.3. The van der Waals surface area contributed by atoms with Crippen molar-refractivity contribution in [3.8, 4) is 119 Å². The molecular formula is C133H84N10. The Bertz CT molecular complexity index is 10100. The van der Waals surface area contributed by atoms with Gasteiger partial charge < -0.3 is 13.7 Å². The number of benzene rings is 22. The SMILES string of the molecule is c1ccc(-c2cc(-c3ccc(-n4c5ccccc5c5cc6ccccc6cc54)c4ccccc34)nc(-c3ccccn3)n2)cc1.c1ccc(-c2cc(-c3ccc4ccccc4c3)nc(-c3cc(-n4c5ccccc5c5cc6ccccc6cc54)c4ccccc4c3)n2)cc1.c1ccc(-c2cc(-c3cccc4ccccc34)nc(-c3cc(-n4c5ccccc5c5cc6ccccc6cc54)c4ccccc4c3)n2)cc1. The highest BCUT2D eigenvalue weighted by Gasteiger charge is 2.25. The Morgan fingerprint density at radius 2 is 0.455 bits per heavy atom. The van der Waals surface area contributed by atoms with E-state index in [0.717, 1.165) is 123 Å². The highest BCUT2D eigenvalue weighted by atomic mass is 15.0. The van der Waals surface area contributed by atoms with Crippen molar-refractivity contribution in [3.63, 3.8) is 0 Å². The molecule has 0 bridgehead atoms. The zero-order valence-electron chi connectivity index (χ0n) is 77.5. The highest BCUT2D eigenvalue weighted by Crippen LogP contribution is 2.46. The van der Waals surface area contributed by atoms with Crippen LogP contribution in [0.1, 0.15) is 0 Å². The molecule has 7 aromatic heterocycles. The molecule has 0 atom stereocenters. The van der Waals surface area contributed by atoms with E-state index in [4.69, 9.17) is 29.9 Å². The molecule has 0 amide bonds. The lowest BCUT2D eigenvalue weighted by Gasteiger charge is -2.15. The summed E-state index contributed by atoms with van der Waals surface area (Å²) >= 11 is 0. The maximum Gasteiger partial charge on any atom is 0.179 e. The van der Waals surface area contributed by atoms with E-state index in [1.54, 1.807) is 6.20 Å². The third-order valence-corrected chi connectivity index (χ3v) is 28.1. The van der Waals surface area contributed by atoms with Gasteiger partial charge in [-0.15, -0.1) is 0 Å². The lowest BCUT2D eigenvalue weighted by Crippen LogP contribution is -2.00. The fourth-order valence-corrected chi connectivity index (χ4v) is 21.4. The number of pyridine rings is 1. The maximum atomic E-state index is 5.32. The van der Waals surface area contributed by atoms with Crippen LogP contribution in [0.25, 0.3) is 270 Å². The van der Waals surface area contributed by atoms with Crippen LogP contribution < -0.4 is 0 Å². The van der Waals surface area contributed by atoms with Crippen LogP contribution in [0.4, 0.5) is 0 Å². The average molecular weight is 1820 g/mol. The average Bonchev–Trinajstić information content (AvgIpc) is 1.43. The molecule has 10 heteroatoms. The number of para-hydroxylation sites is 3. The van der Waals surface area contributed by atoms with Gasteiger partial charge in [0, 0.05) is 99.2 Å². The van der Waals surface area contributed by atoms with Gasteiger partial charge in [-0.1, -0.05) is 382 Å². The van der Waals surface area contributed by atoms with E-state index < -0.39 is 0 Å². The van der Waals surface area contributed by atoms with E-state index in [1.807, 2.05) is 48.5 Å². The Morgan fingerprint density at radius 3 is 0.916 bits per heavy atom. The Morgan fingerprint density at radius 1 is 0.133 bits per heavy atom. The van der Waals surface area contributed by atoms with Gasteiger partial charge >= 0.3 is 0 Å². The number of hydrogen-bond donors (Lipinski definition) is 0. The van der Waals surface area contributed by atoms with Crippen LogP contribution in [0.2, 0.25) is 0 Å². The second-order valence-corrected chi connectivity index (χ2v) is 36.6. The van der Waals surface area contributed by atoms with Crippen molar-refractivity contribution in [1.29, 1.82) is 0 Å². The van der Waals surface area contributed by atoms with Gasteiger partial charge in [0.15, 0.2) is 17.5 Å². The molecule has 0 saturated heterocycles. The van der Waals surface area contributed by atoms with Gasteiger partial charge in [0.2, 0.25) is 0 Å². The monoisotopic (exact) mass is 1820 g/mol. The van der Waals surface area contributed by atoms with Crippen LogP contribution in [0, 0.1) is 0 Å². The van der Waals surface area contributed by atoms with E-state index in [0.29, 0.717) is 17.5 Å². The van der Waals surface area contributed by atoms with E-state index in [2.05, 4.69) is 474 Å². The minimum absolute atomic E-state index is 0.606. The Kier molecular flexibility index (Phi) is 20.4. The largest absolute Gasteiger partial charge is 0.309 e. The molecular weight excluding hydrogens is 1740 g/mol. The highest BCUT2D eigenvalue weighted by molar-refractivity contribution is 6.19. The molecule has 0 unspecified atom stereocenters.